The number of aliphatic hydroxyl groups is 1. The number of aliphatic hydroxyl groups excluding tert-OH is 1. The number of rotatable bonds is 3. The zero-order valence-electron chi connectivity index (χ0n) is 12.9. The van der Waals surface area contributed by atoms with Crippen molar-refractivity contribution in [2.24, 2.45) is 0 Å². The quantitative estimate of drug-likeness (QED) is 0.900. The van der Waals surface area contributed by atoms with Crippen LogP contribution in [-0.4, -0.2) is 62.7 Å². The molecular formula is C16H23NO5. The van der Waals surface area contributed by atoms with Crippen molar-refractivity contribution in [2.75, 3.05) is 46.6 Å². The summed E-state index contributed by atoms with van der Waals surface area (Å²) < 4.78 is 22.3. The van der Waals surface area contributed by atoms with Gasteiger partial charge in [0.15, 0.2) is 11.5 Å². The molecule has 1 N–H and O–H groups in total. The average molecular weight is 309 g/mol. The minimum Gasteiger partial charge on any atom is -0.496 e. The summed E-state index contributed by atoms with van der Waals surface area (Å²) in [5.74, 6) is 2.28. The molecule has 0 amide bonds. The maximum Gasteiger partial charge on any atom is 0.164 e. The molecule has 122 valence electrons. The Morgan fingerprint density at radius 2 is 2.00 bits per heavy atom. The Bertz CT molecular complexity index is 508. The molecule has 1 aromatic carbocycles. The highest BCUT2D eigenvalue weighted by atomic mass is 16.5. The molecule has 0 aliphatic carbocycles. The Morgan fingerprint density at radius 3 is 2.77 bits per heavy atom. The average Bonchev–Trinajstić information content (AvgIpc) is 2.86. The summed E-state index contributed by atoms with van der Waals surface area (Å²) in [5, 5.41) is 9.85. The molecule has 3 rings (SSSR count). The normalized spacial score (nSPS) is 22.7. The highest BCUT2D eigenvalue weighted by Crippen LogP contribution is 2.37. The number of fused-ring (bicyclic) bond motifs is 1. The molecule has 1 aromatic rings. The molecule has 1 atom stereocenters. The number of β-amino-alcohol motifs (C(OH)–C–C–N with tert-alkyl or cyclic N) is 1. The van der Waals surface area contributed by atoms with Crippen molar-refractivity contribution in [2.45, 2.75) is 19.1 Å². The van der Waals surface area contributed by atoms with Gasteiger partial charge in [-0.15, -0.1) is 0 Å². The minimum atomic E-state index is -0.450. The minimum absolute atomic E-state index is 0.398. The lowest BCUT2D eigenvalue weighted by molar-refractivity contribution is 0.0562. The lowest BCUT2D eigenvalue weighted by Gasteiger charge is -2.23. The molecule has 0 unspecified atom stereocenters. The van der Waals surface area contributed by atoms with Gasteiger partial charge in [0.1, 0.15) is 5.75 Å². The first-order valence-electron chi connectivity index (χ1n) is 7.71. The first kappa shape index (κ1) is 15.4. The standard InChI is InChI=1S/C16H23NO5/c1-19-14-8-16-15(21-4-2-5-22-16)7-12(14)9-17-3-6-20-11-13(18)10-17/h7-8,13,18H,2-6,9-11H2,1H3/t13-/m1/s1. The van der Waals surface area contributed by atoms with Crippen molar-refractivity contribution in [1.82, 2.24) is 4.90 Å². The number of hydrogen-bond donors (Lipinski definition) is 1. The van der Waals surface area contributed by atoms with E-state index < -0.39 is 6.10 Å². The van der Waals surface area contributed by atoms with E-state index in [0.717, 1.165) is 35.8 Å². The van der Waals surface area contributed by atoms with Crippen molar-refractivity contribution in [3.8, 4) is 17.2 Å². The number of benzene rings is 1. The van der Waals surface area contributed by atoms with E-state index in [1.54, 1.807) is 7.11 Å². The van der Waals surface area contributed by atoms with Gasteiger partial charge >= 0.3 is 0 Å². The van der Waals surface area contributed by atoms with Gasteiger partial charge in [0.2, 0.25) is 0 Å². The van der Waals surface area contributed by atoms with Crippen LogP contribution in [0.1, 0.15) is 12.0 Å². The molecule has 1 fully saturated rings. The summed E-state index contributed by atoms with van der Waals surface area (Å²) in [4.78, 5) is 2.17. The summed E-state index contributed by atoms with van der Waals surface area (Å²) in [5.41, 5.74) is 1.03. The molecule has 0 spiro atoms. The van der Waals surface area contributed by atoms with Crippen molar-refractivity contribution < 1.29 is 24.1 Å². The van der Waals surface area contributed by atoms with Crippen LogP contribution in [0, 0.1) is 0 Å². The second-order valence-electron chi connectivity index (χ2n) is 5.63. The van der Waals surface area contributed by atoms with E-state index in [0.29, 0.717) is 39.5 Å². The Hall–Kier alpha value is -1.50. The molecule has 1 saturated heterocycles. The molecule has 22 heavy (non-hydrogen) atoms. The van der Waals surface area contributed by atoms with Crippen molar-refractivity contribution >= 4 is 0 Å². The predicted octanol–water partition coefficient (Wildman–Crippen LogP) is 1.05. The largest absolute Gasteiger partial charge is 0.496 e. The molecule has 2 aliphatic heterocycles. The van der Waals surface area contributed by atoms with Gasteiger partial charge in [0.25, 0.3) is 0 Å². The topological polar surface area (TPSA) is 60.4 Å². The molecule has 0 saturated carbocycles. The van der Waals surface area contributed by atoms with Crippen LogP contribution in [0.25, 0.3) is 0 Å². The fourth-order valence-electron chi connectivity index (χ4n) is 2.79. The van der Waals surface area contributed by atoms with E-state index in [4.69, 9.17) is 18.9 Å². The van der Waals surface area contributed by atoms with Crippen LogP contribution >= 0.6 is 0 Å². The van der Waals surface area contributed by atoms with Crippen LogP contribution in [0.3, 0.4) is 0 Å². The Labute approximate surface area is 130 Å². The zero-order chi connectivity index (χ0) is 15.4. The lowest BCUT2D eigenvalue weighted by atomic mass is 10.1. The van der Waals surface area contributed by atoms with Gasteiger partial charge < -0.3 is 24.1 Å². The highest BCUT2D eigenvalue weighted by molar-refractivity contribution is 5.51. The number of nitrogens with zero attached hydrogens (tertiary/aromatic N) is 1. The van der Waals surface area contributed by atoms with Crippen LogP contribution < -0.4 is 14.2 Å². The van der Waals surface area contributed by atoms with E-state index in [1.807, 2.05) is 12.1 Å². The Morgan fingerprint density at radius 1 is 1.23 bits per heavy atom. The van der Waals surface area contributed by atoms with Gasteiger partial charge in [0, 0.05) is 37.7 Å². The molecule has 6 nitrogen and oxygen atoms in total. The van der Waals surface area contributed by atoms with Crippen LogP contribution in [0.4, 0.5) is 0 Å². The monoisotopic (exact) mass is 309 g/mol. The van der Waals surface area contributed by atoms with Gasteiger partial charge in [-0.3, -0.25) is 4.90 Å². The molecule has 2 aliphatic rings. The summed E-state index contributed by atoms with van der Waals surface area (Å²) in [6.07, 6.45) is 0.427. The lowest BCUT2D eigenvalue weighted by Crippen LogP contribution is -2.32. The summed E-state index contributed by atoms with van der Waals surface area (Å²) in [6, 6.07) is 3.87. The summed E-state index contributed by atoms with van der Waals surface area (Å²) in [6.45, 7) is 4.41. The molecule has 2 heterocycles. The fourth-order valence-corrected chi connectivity index (χ4v) is 2.79. The highest BCUT2D eigenvalue weighted by Gasteiger charge is 2.20. The van der Waals surface area contributed by atoms with Gasteiger partial charge in [-0.2, -0.15) is 0 Å². The molecular weight excluding hydrogens is 286 g/mol. The molecule has 0 bridgehead atoms. The van der Waals surface area contributed by atoms with Crippen LogP contribution in [0.2, 0.25) is 0 Å². The maximum absolute atomic E-state index is 9.85. The smallest absolute Gasteiger partial charge is 0.164 e. The third-order valence-corrected chi connectivity index (χ3v) is 3.88. The van der Waals surface area contributed by atoms with Crippen molar-refractivity contribution in [3.63, 3.8) is 0 Å². The number of hydrogen-bond acceptors (Lipinski definition) is 6. The molecule has 6 heteroatoms. The third-order valence-electron chi connectivity index (χ3n) is 3.88. The van der Waals surface area contributed by atoms with Crippen LogP contribution in [0.15, 0.2) is 12.1 Å². The Kier molecular flexibility index (Phi) is 5.02. The van der Waals surface area contributed by atoms with Crippen molar-refractivity contribution in [1.29, 1.82) is 0 Å². The summed E-state index contributed by atoms with van der Waals surface area (Å²) in [7, 11) is 1.66. The molecule has 0 radical (unpaired) electrons. The van der Waals surface area contributed by atoms with Gasteiger partial charge in [-0.1, -0.05) is 0 Å². The van der Waals surface area contributed by atoms with Gasteiger partial charge in [-0.05, 0) is 6.07 Å². The van der Waals surface area contributed by atoms with E-state index in [-0.39, 0.29) is 0 Å². The van der Waals surface area contributed by atoms with Crippen LogP contribution in [0.5, 0.6) is 17.2 Å². The third kappa shape index (κ3) is 3.63. The maximum atomic E-state index is 9.85. The second kappa shape index (κ2) is 7.17. The van der Waals surface area contributed by atoms with E-state index in [9.17, 15) is 5.11 Å². The van der Waals surface area contributed by atoms with Gasteiger partial charge in [0.05, 0.1) is 39.6 Å². The second-order valence-corrected chi connectivity index (χ2v) is 5.63. The molecule has 0 aromatic heterocycles. The van der Waals surface area contributed by atoms with E-state index in [1.165, 1.54) is 0 Å². The Balaban J connectivity index is 1.81. The first-order chi connectivity index (χ1) is 10.8. The summed E-state index contributed by atoms with van der Waals surface area (Å²) >= 11 is 0. The predicted molar refractivity (Wildman–Crippen MR) is 80.7 cm³/mol. The van der Waals surface area contributed by atoms with E-state index in [2.05, 4.69) is 4.90 Å². The fraction of sp³-hybridized carbons (Fsp3) is 0.625. The number of methoxy groups -OCH3 is 1. The van der Waals surface area contributed by atoms with Crippen LogP contribution in [-0.2, 0) is 11.3 Å². The number of ether oxygens (including phenoxy) is 4. The zero-order valence-corrected chi connectivity index (χ0v) is 12.9. The van der Waals surface area contributed by atoms with Gasteiger partial charge in [-0.25, -0.2) is 0 Å². The SMILES string of the molecule is COc1cc2c(cc1CN1CCOC[C@H](O)C1)OCCCO2. The van der Waals surface area contributed by atoms with Crippen molar-refractivity contribution in [3.05, 3.63) is 17.7 Å². The van der Waals surface area contributed by atoms with E-state index >= 15 is 0 Å². The first-order valence-corrected chi connectivity index (χ1v) is 7.71.